The van der Waals surface area contributed by atoms with E-state index in [4.69, 9.17) is 26.8 Å². The molecule has 140 valence electrons. The molecule has 3 N–H and O–H groups in total. The minimum absolute atomic E-state index is 0.00375. The van der Waals surface area contributed by atoms with Crippen LogP contribution in [0.2, 0.25) is 5.02 Å². The summed E-state index contributed by atoms with van der Waals surface area (Å²) in [6, 6.07) is 7.37. The summed E-state index contributed by atoms with van der Waals surface area (Å²) in [6.45, 7) is 0.871. The van der Waals surface area contributed by atoms with Gasteiger partial charge < -0.3 is 20.5 Å². The number of anilines is 1. The molecule has 0 bridgehead atoms. The summed E-state index contributed by atoms with van der Waals surface area (Å²) in [5.41, 5.74) is 5.67. The average molecular weight is 391 g/mol. The number of hydrogen-bond donors (Lipinski definition) is 2. The minimum atomic E-state index is -0.967. The molecule has 2 aliphatic heterocycles. The number of halogens is 2. The molecule has 4 rings (SSSR count). The Labute approximate surface area is 159 Å². The number of aliphatic imine (C=N–C) groups is 1. The average Bonchev–Trinajstić information content (AvgIpc) is 3.07. The lowest BCUT2D eigenvalue weighted by Gasteiger charge is -2.34. The number of aromatic nitrogens is 1. The number of carbonyl (C=O) groups excluding carboxylic acids is 1. The van der Waals surface area contributed by atoms with Gasteiger partial charge in [-0.05, 0) is 30.3 Å². The number of carbonyl (C=O) groups is 1. The first-order valence-corrected chi connectivity index (χ1v) is 8.64. The summed E-state index contributed by atoms with van der Waals surface area (Å²) >= 11 is 5.78. The predicted octanol–water partition coefficient (Wildman–Crippen LogP) is 2.31. The molecule has 3 heterocycles. The summed E-state index contributed by atoms with van der Waals surface area (Å²) in [4.78, 5) is 20.7. The number of rotatable bonds is 3. The van der Waals surface area contributed by atoms with Crippen LogP contribution in [0, 0.1) is 11.7 Å². The van der Waals surface area contributed by atoms with Gasteiger partial charge in [0.1, 0.15) is 17.1 Å². The van der Waals surface area contributed by atoms with Crippen LogP contribution in [-0.2, 0) is 15.0 Å². The lowest BCUT2D eigenvalue weighted by molar-refractivity contribution is 0.102. The fourth-order valence-corrected chi connectivity index (χ4v) is 3.45. The Balaban J connectivity index is 1.67. The van der Waals surface area contributed by atoms with E-state index in [2.05, 4.69) is 15.3 Å². The fraction of sp³-hybridized carbons (Fsp3) is 0.278. The number of nitrogens with two attached hydrogens (primary N) is 1. The van der Waals surface area contributed by atoms with E-state index >= 15 is 0 Å². The van der Waals surface area contributed by atoms with Crippen LogP contribution in [0.15, 0.2) is 41.5 Å². The number of nitrogens with zero attached hydrogens (tertiary/aromatic N) is 2. The van der Waals surface area contributed by atoms with Crippen LogP contribution < -0.4 is 11.1 Å². The molecule has 0 saturated carbocycles. The zero-order valence-corrected chi connectivity index (χ0v) is 14.9. The number of fused-ring (bicyclic) bond motifs is 1. The molecule has 0 spiro atoms. The fourth-order valence-electron chi connectivity index (χ4n) is 3.33. The largest absolute Gasteiger partial charge is 0.465 e. The summed E-state index contributed by atoms with van der Waals surface area (Å²) in [7, 11) is 0. The van der Waals surface area contributed by atoms with Crippen molar-refractivity contribution in [3.8, 4) is 0 Å². The molecule has 1 aromatic heterocycles. The highest BCUT2D eigenvalue weighted by atomic mass is 35.5. The van der Waals surface area contributed by atoms with Crippen LogP contribution in [0.3, 0.4) is 0 Å². The first kappa shape index (κ1) is 17.7. The summed E-state index contributed by atoms with van der Waals surface area (Å²) in [6.07, 6.45) is 1.38. The Morgan fingerprint density at radius 3 is 2.96 bits per heavy atom. The lowest BCUT2D eigenvalue weighted by Crippen LogP contribution is -2.43. The number of amides is 1. The molecule has 2 atom stereocenters. The zero-order valence-electron chi connectivity index (χ0n) is 14.1. The number of pyridine rings is 1. The first-order chi connectivity index (χ1) is 13.0. The summed E-state index contributed by atoms with van der Waals surface area (Å²) in [5.74, 6) is -1.05. The van der Waals surface area contributed by atoms with Gasteiger partial charge in [0.2, 0.25) is 0 Å². The molecule has 1 saturated heterocycles. The van der Waals surface area contributed by atoms with E-state index in [-0.39, 0.29) is 24.2 Å². The molecule has 0 aliphatic carbocycles. The molecule has 7 nitrogen and oxygen atoms in total. The van der Waals surface area contributed by atoms with Gasteiger partial charge in [-0.2, -0.15) is 0 Å². The van der Waals surface area contributed by atoms with Crippen molar-refractivity contribution in [2.24, 2.45) is 16.6 Å². The summed E-state index contributed by atoms with van der Waals surface area (Å²) in [5, 5.41) is 3.14. The minimum Gasteiger partial charge on any atom is -0.465 e. The number of ether oxygens (including phenoxy) is 2. The van der Waals surface area contributed by atoms with Crippen molar-refractivity contribution in [2.45, 2.75) is 5.54 Å². The van der Waals surface area contributed by atoms with Crippen LogP contribution >= 0.6 is 11.6 Å². The van der Waals surface area contributed by atoms with E-state index in [9.17, 15) is 9.18 Å². The van der Waals surface area contributed by atoms with Gasteiger partial charge in [-0.1, -0.05) is 11.6 Å². The van der Waals surface area contributed by atoms with Gasteiger partial charge >= 0.3 is 0 Å². The number of benzene rings is 1. The second kappa shape index (κ2) is 6.79. The van der Waals surface area contributed by atoms with E-state index in [0.717, 1.165) is 0 Å². The van der Waals surface area contributed by atoms with E-state index < -0.39 is 17.3 Å². The van der Waals surface area contributed by atoms with Crippen LogP contribution in [0.5, 0.6) is 0 Å². The predicted molar refractivity (Wildman–Crippen MR) is 97.2 cm³/mol. The molecule has 0 radical (unpaired) electrons. The highest BCUT2D eigenvalue weighted by Gasteiger charge is 2.50. The monoisotopic (exact) mass is 390 g/mol. The number of amidine groups is 1. The van der Waals surface area contributed by atoms with Crippen molar-refractivity contribution in [3.05, 3.63) is 58.6 Å². The van der Waals surface area contributed by atoms with Gasteiger partial charge in [0.05, 0.1) is 24.8 Å². The first-order valence-electron chi connectivity index (χ1n) is 8.27. The van der Waals surface area contributed by atoms with Gasteiger partial charge in [0, 0.05) is 23.4 Å². The number of hydrogen-bond acceptors (Lipinski definition) is 6. The van der Waals surface area contributed by atoms with Gasteiger partial charge in [0.25, 0.3) is 11.9 Å². The molecule has 1 fully saturated rings. The van der Waals surface area contributed by atoms with E-state index in [1.165, 1.54) is 24.4 Å². The van der Waals surface area contributed by atoms with Crippen molar-refractivity contribution < 1.29 is 18.7 Å². The van der Waals surface area contributed by atoms with Crippen LogP contribution in [0.4, 0.5) is 10.1 Å². The Hall–Kier alpha value is -2.71. The van der Waals surface area contributed by atoms with Crippen molar-refractivity contribution in [1.29, 1.82) is 0 Å². The van der Waals surface area contributed by atoms with Crippen molar-refractivity contribution in [1.82, 2.24) is 4.98 Å². The van der Waals surface area contributed by atoms with E-state index in [0.29, 0.717) is 29.5 Å². The van der Waals surface area contributed by atoms with Gasteiger partial charge in [-0.15, -0.1) is 0 Å². The van der Waals surface area contributed by atoms with Gasteiger partial charge in [0.15, 0.2) is 0 Å². The standard InChI is InChI=1S/C18H16ClFN4O3/c19-11-1-4-15(22-6-11)16(25)23-12-2-3-14(20)13(5-12)18-9-26-7-10(18)8-27-17(21)24-18/h1-6,10H,7-9H2,(H2,21,24)(H,23,25)/t10-,18-/m0/s1. The maximum Gasteiger partial charge on any atom is 0.282 e. The molecular formula is C18H16ClFN4O3. The maximum absolute atomic E-state index is 14.7. The SMILES string of the molecule is NC1=N[C@@]2(c3cc(NC(=O)c4ccc(Cl)cn4)ccc3F)COC[C@H]2CO1. The topological polar surface area (TPSA) is 98.8 Å². The Morgan fingerprint density at radius 2 is 2.19 bits per heavy atom. The van der Waals surface area contributed by atoms with Gasteiger partial charge in [-0.25, -0.2) is 14.4 Å². The molecule has 2 aromatic rings. The quantitative estimate of drug-likeness (QED) is 0.837. The van der Waals surface area contributed by atoms with Crippen LogP contribution in [-0.4, -0.2) is 36.7 Å². The third-order valence-corrected chi connectivity index (χ3v) is 4.93. The molecule has 1 amide bonds. The Kier molecular flexibility index (Phi) is 4.45. The van der Waals surface area contributed by atoms with E-state index in [1.54, 1.807) is 12.1 Å². The highest BCUT2D eigenvalue weighted by molar-refractivity contribution is 6.30. The second-order valence-electron chi connectivity index (χ2n) is 6.41. The smallest absolute Gasteiger partial charge is 0.282 e. The van der Waals surface area contributed by atoms with Crippen LogP contribution in [0.1, 0.15) is 16.1 Å². The lowest BCUT2D eigenvalue weighted by atomic mass is 9.80. The second-order valence-corrected chi connectivity index (χ2v) is 6.84. The molecule has 27 heavy (non-hydrogen) atoms. The Bertz CT molecular complexity index is 921. The van der Waals surface area contributed by atoms with Crippen LogP contribution in [0.25, 0.3) is 0 Å². The zero-order chi connectivity index (χ0) is 19.0. The van der Waals surface area contributed by atoms with Crippen molar-refractivity contribution in [3.63, 3.8) is 0 Å². The highest BCUT2D eigenvalue weighted by Crippen LogP contribution is 2.43. The van der Waals surface area contributed by atoms with Crippen molar-refractivity contribution >= 4 is 29.2 Å². The van der Waals surface area contributed by atoms with E-state index in [1.807, 2.05) is 0 Å². The normalized spacial score (nSPS) is 23.9. The third-order valence-electron chi connectivity index (χ3n) is 4.71. The molecule has 2 aliphatic rings. The van der Waals surface area contributed by atoms with Crippen molar-refractivity contribution in [2.75, 3.05) is 25.1 Å². The molecule has 0 unspecified atom stereocenters. The third kappa shape index (κ3) is 3.22. The number of nitrogens with one attached hydrogen (secondary N) is 1. The Morgan fingerprint density at radius 1 is 1.33 bits per heavy atom. The maximum atomic E-state index is 14.7. The molecule has 9 heteroatoms. The van der Waals surface area contributed by atoms with Gasteiger partial charge in [-0.3, -0.25) is 4.79 Å². The summed E-state index contributed by atoms with van der Waals surface area (Å²) < 4.78 is 25.5. The molecule has 1 aromatic carbocycles. The molecular weight excluding hydrogens is 375 g/mol.